The molecular formula is C20H19N3O6S2. The lowest BCUT2D eigenvalue weighted by atomic mass is 10.3. The molecule has 1 amide bonds. The normalized spacial score (nSPS) is 11.5. The zero-order valence-corrected chi connectivity index (χ0v) is 18.4. The fraction of sp³-hybridized carbons (Fsp3) is 0.250. The van der Waals surface area contributed by atoms with Gasteiger partial charge in [0.1, 0.15) is 12.3 Å². The highest BCUT2D eigenvalue weighted by Crippen LogP contribution is 2.24. The Morgan fingerprint density at radius 2 is 1.97 bits per heavy atom. The van der Waals surface area contributed by atoms with Gasteiger partial charge in [0.05, 0.1) is 34.6 Å². The fourth-order valence-corrected chi connectivity index (χ4v) is 4.41. The van der Waals surface area contributed by atoms with Crippen LogP contribution in [0.2, 0.25) is 0 Å². The van der Waals surface area contributed by atoms with Crippen molar-refractivity contribution in [3.05, 3.63) is 57.4 Å². The minimum atomic E-state index is -0.518. The van der Waals surface area contributed by atoms with Gasteiger partial charge in [-0.05, 0) is 37.3 Å². The number of nitro groups is 1. The number of methoxy groups -OCH3 is 1. The van der Waals surface area contributed by atoms with Crippen LogP contribution in [-0.2, 0) is 20.9 Å². The molecule has 0 saturated heterocycles. The predicted octanol–water partition coefficient (Wildman–Crippen LogP) is 3.40. The molecule has 0 spiro atoms. The maximum Gasteiger partial charge on any atom is 0.326 e. The van der Waals surface area contributed by atoms with Gasteiger partial charge in [0.2, 0.25) is 0 Å². The number of carbonyl (C=O) groups is 2. The highest BCUT2D eigenvalue weighted by Gasteiger charge is 2.16. The van der Waals surface area contributed by atoms with E-state index < -0.39 is 10.9 Å². The minimum Gasteiger partial charge on any atom is -0.497 e. The third kappa shape index (κ3) is 5.70. The Bertz CT molecular complexity index is 1180. The number of ether oxygens (including phenoxy) is 2. The first kappa shape index (κ1) is 22.5. The molecule has 0 aliphatic carbocycles. The topological polar surface area (TPSA) is 113 Å². The van der Waals surface area contributed by atoms with E-state index >= 15 is 0 Å². The van der Waals surface area contributed by atoms with Crippen molar-refractivity contribution in [1.82, 2.24) is 4.57 Å². The van der Waals surface area contributed by atoms with Crippen molar-refractivity contribution >= 4 is 50.9 Å². The summed E-state index contributed by atoms with van der Waals surface area (Å²) < 4.78 is 12.3. The van der Waals surface area contributed by atoms with Crippen molar-refractivity contribution in [3.63, 3.8) is 0 Å². The SMILES string of the molecule is CCOC(=O)Cn1c(=NC(=O)CSc2ccc(OC)cc2)sc2ccc([N+](=O)[O-])cc21. The summed E-state index contributed by atoms with van der Waals surface area (Å²) >= 11 is 2.50. The standard InChI is InChI=1S/C20H19N3O6S2/c1-3-29-19(25)11-22-16-10-13(23(26)27)4-9-17(16)31-20(22)21-18(24)12-30-15-7-5-14(28-2)6-8-15/h4-10H,3,11-12H2,1-2H3. The Morgan fingerprint density at radius 1 is 1.23 bits per heavy atom. The molecule has 3 aromatic rings. The van der Waals surface area contributed by atoms with Crippen LogP contribution >= 0.6 is 23.1 Å². The van der Waals surface area contributed by atoms with E-state index in [1.54, 1.807) is 32.2 Å². The lowest BCUT2D eigenvalue weighted by Crippen LogP contribution is -2.23. The van der Waals surface area contributed by atoms with Crippen molar-refractivity contribution in [2.75, 3.05) is 19.5 Å². The highest BCUT2D eigenvalue weighted by molar-refractivity contribution is 8.00. The van der Waals surface area contributed by atoms with Crippen LogP contribution in [0.1, 0.15) is 6.92 Å². The zero-order chi connectivity index (χ0) is 22.4. The quantitative estimate of drug-likeness (QED) is 0.219. The number of thiazole rings is 1. The van der Waals surface area contributed by atoms with E-state index in [0.717, 1.165) is 10.6 Å². The summed E-state index contributed by atoms with van der Waals surface area (Å²) in [6, 6.07) is 11.6. The molecule has 0 aliphatic rings. The van der Waals surface area contributed by atoms with Crippen LogP contribution in [0.15, 0.2) is 52.4 Å². The van der Waals surface area contributed by atoms with Gasteiger partial charge < -0.3 is 14.0 Å². The van der Waals surface area contributed by atoms with E-state index in [2.05, 4.69) is 4.99 Å². The van der Waals surface area contributed by atoms with Crippen molar-refractivity contribution < 1.29 is 24.0 Å². The maximum absolute atomic E-state index is 12.5. The molecule has 0 fully saturated rings. The maximum atomic E-state index is 12.5. The summed E-state index contributed by atoms with van der Waals surface area (Å²) in [5.74, 6) is -0.0884. The molecule has 0 atom stereocenters. The second-order valence-electron chi connectivity index (χ2n) is 6.15. The van der Waals surface area contributed by atoms with Crippen LogP contribution in [0, 0.1) is 10.1 Å². The molecule has 11 heteroatoms. The van der Waals surface area contributed by atoms with Gasteiger partial charge in [-0.3, -0.25) is 19.7 Å². The first-order chi connectivity index (χ1) is 14.9. The number of amides is 1. The van der Waals surface area contributed by atoms with E-state index in [-0.39, 0.29) is 35.3 Å². The van der Waals surface area contributed by atoms with Gasteiger partial charge in [-0.15, -0.1) is 11.8 Å². The third-order valence-corrected chi connectivity index (χ3v) is 6.17. The molecule has 1 heterocycles. The molecule has 9 nitrogen and oxygen atoms in total. The average molecular weight is 462 g/mol. The number of carbonyl (C=O) groups excluding carboxylic acids is 2. The summed E-state index contributed by atoms with van der Waals surface area (Å²) in [5, 5.41) is 11.1. The highest BCUT2D eigenvalue weighted by atomic mass is 32.2. The number of nitro benzene ring substituents is 1. The molecule has 0 bridgehead atoms. The van der Waals surface area contributed by atoms with Gasteiger partial charge in [-0.1, -0.05) is 11.3 Å². The number of rotatable bonds is 8. The predicted molar refractivity (Wildman–Crippen MR) is 117 cm³/mol. The molecule has 0 aliphatic heterocycles. The van der Waals surface area contributed by atoms with E-state index in [1.165, 1.54) is 39.8 Å². The second kappa shape index (κ2) is 10.2. The number of thioether (sulfide) groups is 1. The molecule has 0 unspecified atom stereocenters. The summed E-state index contributed by atoms with van der Waals surface area (Å²) in [5.41, 5.74) is 0.331. The average Bonchev–Trinajstić information content (AvgIpc) is 3.08. The summed E-state index contributed by atoms with van der Waals surface area (Å²) in [4.78, 5) is 40.5. The Labute approximate surface area is 185 Å². The van der Waals surface area contributed by atoms with Crippen molar-refractivity contribution in [2.24, 2.45) is 4.99 Å². The van der Waals surface area contributed by atoms with Gasteiger partial charge >= 0.3 is 5.97 Å². The molecule has 162 valence electrons. The molecule has 0 radical (unpaired) electrons. The smallest absolute Gasteiger partial charge is 0.326 e. The Balaban J connectivity index is 1.90. The van der Waals surface area contributed by atoms with Crippen molar-refractivity contribution in [1.29, 1.82) is 0 Å². The van der Waals surface area contributed by atoms with E-state index in [1.807, 2.05) is 12.1 Å². The largest absolute Gasteiger partial charge is 0.497 e. The van der Waals surface area contributed by atoms with Crippen molar-refractivity contribution in [2.45, 2.75) is 18.4 Å². The van der Waals surface area contributed by atoms with Crippen LogP contribution in [0.4, 0.5) is 5.69 Å². The molecule has 0 N–H and O–H groups in total. The monoisotopic (exact) mass is 461 g/mol. The fourth-order valence-electron chi connectivity index (χ4n) is 2.70. The van der Waals surface area contributed by atoms with Crippen LogP contribution in [-0.4, -0.2) is 40.8 Å². The van der Waals surface area contributed by atoms with Crippen molar-refractivity contribution in [3.8, 4) is 5.75 Å². The van der Waals surface area contributed by atoms with E-state index in [9.17, 15) is 19.7 Å². The van der Waals surface area contributed by atoms with Gasteiger partial charge in [-0.25, -0.2) is 0 Å². The minimum absolute atomic E-state index is 0.0973. The van der Waals surface area contributed by atoms with Crippen LogP contribution in [0.3, 0.4) is 0 Å². The number of hydrogen-bond acceptors (Lipinski definition) is 8. The van der Waals surface area contributed by atoms with Crippen LogP contribution < -0.4 is 9.54 Å². The molecule has 1 aromatic heterocycles. The van der Waals surface area contributed by atoms with E-state index in [0.29, 0.717) is 10.2 Å². The Morgan fingerprint density at radius 3 is 2.61 bits per heavy atom. The third-order valence-electron chi connectivity index (χ3n) is 4.11. The number of hydrogen-bond donors (Lipinski definition) is 0. The first-order valence-electron chi connectivity index (χ1n) is 9.19. The van der Waals surface area contributed by atoms with Gasteiger partial charge in [-0.2, -0.15) is 4.99 Å². The molecule has 2 aromatic carbocycles. The number of aromatic nitrogens is 1. The van der Waals surface area contributed by atoms with Gasteiger partial charge in [0.15, 0.2) is 4.80 Å². The number of non-ortho nitro benzene ring substituents is 1. The molecular weight excluding hydrogens is 442 g/mol. The number of benzene rings is 2. The molecule has 0 saturated carbocycles. The summed E-state index contributed by atoms with van der Waals surface area (Å²) in [6.07, 6.45) is 0. The summed E-state index contributed by atoms with van der Waals surface area (Å²) in [7, 11) is 1.58. The summed E-state index contributed by atoms with van der Waals surface area (Å²) in [6.45, 7) is 1.68. The second-order valence-corrected chi connectivity index (χ2v) is 8.21. The van der Waals surface area contributed by atoms with Crippen LogP contribution in [0.5, 0.6) is 5.75 Å². The number of nitrogens with zero attached hydrogens (tertiary/aromatic N) is 3. The molecule has 3 rings (SSSR count). The lowest BCUT2D eigenvalue weighted by molar-refractivity contribution is -0.384. The lowest BCUT2D eigenvalue weighted by Gasteiger charge is -2.05. The molecule has 31 heavy (non-hydrogen) atoms. The Kier molecular flexibility index (Phi) is 7.42. The van der Waals surface area contributed by atoms with E-state index in [4.69, 9.17) is 9.47 Å². The number of esters is 1. The Hall–Kier alpha value is -3.18. The van der Waals surface area contributed by atoms with Gasteiger partial charge in [0, 0.05) is 17.0 Å². The van der Waals surface area contributed by atoms with Crippen LogP contribution in [0.25, 0.3) is 10.2 Å². The van der Waals surface area contributed by atoms with Gasteiger partial charge in [0.25, 0.3) is 11.6 Å². The zero-order valence-electron chi connectivity index (χ0n) is 16.8. The number of fused-ring (bicyclic) bond motifs is 1. The first-order valence-corrected chi connectivity index (χ1v) is 11.0.